The van der Waals surface area contributed by atoms with Crippen molar-refractivity contribution in [3.63, 3.8) is 0 Å². The molecule has 0 aliphatic rings. The van der Waals surface area contributed by atoms with E-state index < -0.39 is 29.2 Å². The summed E-state index contributed by atoms with van der Waals surface area (Å²) < 4.78 is 43.7. The smallest absolute Gasteiger partial charge is 0.416 e. The monoisotopic (exact) mass is 406 g/mol. The average Bonchev–Trinajstić information content (AvgIpc) is 3.11. The van der Waals surface area contributed by atoms with Crippen LogP contribution in [0, 0.1) is 0 Å². The minimum Gasteiger partial charge on any atom is -0.458 e. The molecule has 9 heteroatoms. The molecule has 3 N–H and O–H groups in total. The first kappa shape index (κ1) is 20.4. The second-order valence-electron chi connectivity index (χ2n) is 6.64. The summed E-state index contributed by atoms with van der Waals surface area (Å²) in [6.45, 7) is 1.05. The highest BCUT2D eigenvalue weighted by atomic mass is 19.4. The van der Waals surface area contributed by atoms with E-state index in [0.29, 0.717) is 5.58 Å². The molecule has 1 unspecified atom stereocenters. The number of hydrogen-bond donors (Lipinski definition) is 3. The van der Waals surface area contributed by atoms with Crippen LogP contribution in [-0.2, 0) is 21.4 Å². The van der Waals surface area contributed by atoms with E-state index >= 15 is 0 Å². The van der Waals surface area contributed by atoms with Crippen molar-refractivity contribution in [2.45, 2.75) is 18.7 Å². The first-order valence-corrected chi connectivity index (χ1v) is 8.54. The number of hydrogen-bond acceptors (Lipinski definition) is 4. The fourth-order valence-electron chi connectivity index (χ4n) is 2.63. The van der Waals surface area contributed by atoms with E-state index in [9.17, 15) is 27.9 Å². The SMILES string of the molecule is CC(O)(CNC(=O)C(=O)Nc1cccc(C(F)(F)F)c1)c1cc2ccccc2o1. The van der Waals surface area contributed by atoms with E-state index in [4.69, 9.17) is 4.42 Å². The molecule has 3 aromatic rings. The fourth-order valence-corrected chi connectivity index (χ4v) is 2.63. The molecule has 0 aliphatic carbocycles. The van der Waals surface area contributed by atoms with Crippen LogP contribution in [0.25, 0.3) is 11.0 Å². The molecule has 0 saturated heterocycles. The van der Waals surface area contributed by atoms with Gasteiger partial charge in [0.2, 0.25) is 0 Å². The summed E-state index contributed by atoms with van der Waals surface area (Å²) in [7, 11) is 0. The first-order chi connectivity index (χ1) is 13.6. The Morgan fingerprint density at radius 2 is 1.76 bits per heavy atom. The number of carbonyl (C=O) groups excluding carboxylic acids is 2. The Balaban J connectivity index is 1.63. The number of aliphatic hydroxyl groups is 1. The summed E-state index contributed by atoms with van der Waals surface area (Å²) in [5.41, 5.74) is -2.19. The Bertz CT molecular complexity index is 1020. The number of anilines is 1. The average molecular weight is 406 g/mol. The zero-order valence-corrected chi connectivity index (χ0v) is 15.2. The molecular formula is C20H17F3N2O4. The van der Waals surface area contributed by atoms with Gasteiger partial charge >= 0.3 is 18.0 Å². The zero-order valence-electron chi connectivity index (χ0n) is 15.2. The first-order valence-electron chi connectivity index (χ1n) is 8.54. The Morgan fingerprint density at radius 1 is 1.03 bits per heavy atom. The summed E-state index contributed by atoms with van der Waals surface area (Å²) >= 11 is 0. The van der Waals surface area contributed by atoms with Gasteiger partial charge in [-0.15, -0.1) is 0 Å². The molecule has 0 radical (unpaired) electrons. The Hall–Kier alpha value is -3.33. The predicted octanol–water partition coefficient (Wildman–Crippen LogP) is 3.41. The number of carbonyl (C=O) groups is 2. The third-order valence-corrected chi connectivity index (χ3v) is 4.20. The molecule has 0 spiro atoms. The number of halogens is 3. The molecule has 1 atom stereocenters. The molecule has 0 saturated carbocycles. The van der Waals surface area contributed by atoms with Gasteiger partial charge in [-0.2, -0.15) is 13.2 Å². The van der Waals surface area contributed by atoms with Crippen LogP contribution in [0.2, 0.25) is 0 Å². The summed E-state index contributed by atoms with van der Waals surface area (Å²) in [6.07, 6.45) is -4.58. The summed E-state index contributed by atoms with van der Waals surface area (Å²) in [6, 6.07) is 12.6. The van der Waals surface area contributed by atoms with E-state index in [1.54, 1.807) is 30.3 Å². The third-order valence-electron chi connectivity index (χ3n) is 4.20. The molecule has 2 amide bonds. The molecule has 1 aromatic heterocycles. The van der Waals surface area contributed by atoms with E-state index in [1.165, 1.54) is 13.0 Å². The maximum atomic E-state index is 12.7. The van der Waals surface area contributed by atoms with Gasteiger partial charge in [0, 0.05) is 11.1 Å². The van der Waals surface area contributed by atoms with Crippen LogP contribution >= 0.6 is 0 Å². The molecule has 6 nitrogen and oxygen atoms in total. The van der Waals surface area contributed by atoms with Crippen molar-refractivity contribution in [1.29, 1.82) is 0 Å². The van der Waals surface area contributed by atoms with Gasteiger partial charge in [0.15, 0.2) is 0 Å². The molecule has 29 heavy (non-hydrogen) atoms. The van der Waals surface area contributed by atoms with Crippen molar-refractivity contribution in [3.05, 3.63) is 65.9 Å². The van der Waals surface area contributed by atoms with Gasteiger partial charge in [0.25, 0.3) is 0 Å². The van der Waals surface area contributed by atoms with Crippen molar-refractivity contribution in [2.75, 3.05) is 11.9 Å². The number of furan rings is 1. The van der Waals surface area contributed by atoms with Crippen LogP contribution in [0.3, 0.4) is 0 Å². The predicted molar refractivity (Wildman–Crippen MR) is 98.9 cm³/mol. The third kappa shape index (κ3) is 4.75. The topological polar surface area (TPSA) is 91.6 Å². The lowest BCUT2D eigenvalue weighted by Crippen LogP contribution is -2.43. The molecule has 152 valence electrons. The van der Waals surface area contributed by atoms with E-state index in [1.807, 2.05) is 0 Å². The van der Waals surface area contributed by atoms with Gasteiger partial charge in [-0.1, -0.05) is 24.3 Å². The Kier molecular flexibility index (Phi) is 5.34. The van der Waals surface area contributed by atoms with Gasteiger partial charge in [0.05, 0.1) is 12.1 Å². The molecular weight excluding hydrogens is 389 g/mol. The van der Waals surface area contributed by atoms with E-state index in [0.717, 1.165) is 23.6 Å². The summed E-state index contributed by atoms with van der Waals surface area (Å²) in [4.78, 5) is 24.0. The molecule has 0 aliphatic heterocycles. The van der Waals surface area contributed by atoms with Crippen LogP contribution < -0.4 is 10.6 Å². The standard InChI is InChI=1S/C20H17F3N2O4/c1-19(28,16-9-12-5-2-3-8-15(12)29-16)11-24-17(26)18(27)25-14-7-4-6-13(10-14)20(21,22)23/h2-10,28H,11H2,1H3,(H,24,26)(H,25,27). The lowest BCUT2D eigenvalue weighted by atomic mass is 10.0. The van der Waals surface area contributed by atoms with Crippen LogP contribution in [-0.4, -0.2) is 23.5 Å². The van der Waals surface area contributed by atoms with Crippen molar-refractivity contribution >= 4 is 28.5 Å². The van der Waals surface area contributed by atoms with Gasteiger partial charge in [-0.3, -0.25) is 9.59 Å². The number of amides is 2. The molecule has 0 fully saturated rings. The minimum absolute atomic E-state index is 0.177. The van der Waals surface area contributed by atoms with Gasteiger partial charge in [0.1, 0.15) is 16.9 Å². The number of para-hydroxylation sites is 1. The Morgan fingerprint density at radius 3 is 2.45 bits per heavy atom. The number of benzene rings is 2. The maximum Gasteiger partial charge on any atom is 0.416 e. The zero-order chi connectivity index (χ0) is 21.2. The minimum atomic E-state index is -4.58. The summed E-state index contributed by atoms with van der Waals surface area (Å²) in [5, 5.41) is 15.7. The van der Waals surface area contributed by atoms with Crippen LogP contribution in [0.5, 0.6) is 0 Å². The molecule has 2 aromatic carbocycles. The number of rotatable bonds is 4. The highest BCUT2D eigenvalue weighted by Gasteiger charge is 2.31. The van der Waals surface area contributed by atoms with Crippen molar-refractivity contribution < 1.29 is 32.3 Å². The highest BCUT2D eigenvalue weighted by Crippen LogP contribution is 2.30. The highest BCUT2D eigenvalue weighted by molar-refractivity contribution is 6.39. The Labute approximate surface area is 163 Å². The van der Waals surface area contributed by atoms with E-state index in [2.05, 4.69) is 10.6 Å². The van der Waals surface area contributed by atoms with Gasteiger partial charge < -0.3 is 20.2 Å². The van der Waals surface area contributed by atoms with Crippen LogP contribution in [0.15, 0.2) is 59.0 Å². The molecule has 0 bridgehead atoms. The second-order valence-corrected chi connectivity index (χ2v) is 6.64. The lowest BCUT2D eigenvalue weighted by molar-refractivity contribution is -0.137. The van der Waals surface area contributed by atoms with Gasteiger partial charge in [-0.05, 0) is 37.3 Å². The van der Waals surface area contributed by atoms with Crippen molar-refractivity contribution in [3.8, 4) is 0 Å². The molecule has 1 heterocycles. The second kappa shape index (κ2) is 7.59. The quantitative estimate of drug-likeness (QED) is 0.579. The van der Waals surface area contributed by atoms with Crippen molar-refractivity contribution in [2.24, 2.45) is 0 Å². The number of alkyl halides is 3. The van der Waals surface area contributed by atoms with E-state index in [-0.39, 0.29) is 18.0 Å². The number of fused-ring (bicyclic) bond motifs is 1. The molecule has 3 rings (SSSR count). The van der Waals surface area contributed by atoms with Gasteiger partial charge in [-0.25, -0.2) is 0 Å². The summed E-state index contributed by atoms with van der Waals surface area (Å²) in [5.74, 6) is -2.08. The van der Waals surface area contributed by atoms with Crippen molar-refractivity contribution in [1.82, 2.24) is 5.32 Å². The maximum absolute atomic E-state index is 12.7. The lowest BCUT2D eigenvalue weighted by Gasteiger charge is -2.21. The fraction of sp³-hybridized carbons (Fsp3) is 0.200. The van der Waals surface area contributed by atoms with Crippen LogP contribution in [0.4, 0.5) is 18.9 Å². The normalized spacial score (nSPS) is 13.7. The largest absolute Gasteiger partial charge is 0.458 e. The number of nitrogens with one attached hydrogen (secondary N) is 2. The van der Waals surface area contributed by atoms with Crippen LogP contribution in [0.1, 0.15) is 18.2 Å².